The van der Waals surface area contributed by atoms with Crippen molar-refractivity contribution in [3.63, 3.8) is 0 Å². The van der Waals surface area contributed by atoms with Crippen LogP contribution < -0.4 is 11.5 Å². The van der Waals surface area contributed by atoms with Crippen molar-refractivity contribution in [3.05, 3.63) is 59.3 Å². The molecule has 1 aliphatic rings. The van der Waals surface area contributed by atoms with E-state index in [0.717, 1.165) is 28.8 Å². The van der Waals surface area contributed by atoms with Gasteiger partial charge >= 0.3 is 0 Å². The molecule has 8 nitrogen and oxygen atoms in total. The molecule has 0 saturated heterocycles. The average molecular weight is 450 g/mol. The molecule has 0 fully saturated rings. The number of primary amides is 1. The highest BCUT2D eigenvalue weighted by molar-refractivity contribution is 7.89. The van der Waals surface area contributed by atoms with E-state index >= 15 is 0 Å². The number of terminal acetylenes is 1. The van der Waals surface area contributed by atoms with Crippen molar-refractivity contribution in [2.24, 2.45) is 5.73 Å². The van der Waals surface area contributed by atoms with Crippen LogP contribution in [-0.2, 0) is 22.9 Å². The van der Waals surface area contributed by atoms with E-state index in [1.165, 1.54) is 16.4 Å². The van der Waals surface area contributed by atoms with Gasteiger partial charge in [0.05, 0.1) is 22.8 Å². The number of nitrogens with two attached hydrogens (primary N) is 2. The lowest BCUT2D eigenvalue weighted by atomic mass is 9.88. The van der Waals surface area contributed by atoms with Crippen molar-refractivity contribution in [2.45, 2.75) is 24.7 Å². The fraction of sp³-hybridized carbons (Fsp3) is 0.217. The number of aryl methyl sites for hydroxylation is 1. The Morgan fingerprint density at radius 3 is 2.56 bits per heavy atom. The predicted octanol–water partition coefficient (Wildman–Crippen LogP) is 1.96. The van der Waals surface area contributed by atoms with Crippen molar-refractivity contribution < 1.29 is 13.2 Å². The molecule has 1 amide bonds. The molecule has 1 aliphatic carbocycles. The highest BCUT2D eigenvalue weighted by Crippen LogP contribution is 2.38. The minimum Gasteiger partial charge on any atom is -0.399 e. The van der Waals surface area contributed by atoms with Gasteiger partial charge in [-0.3, -0.25) is 4.79 Å². The summed E-state index contributed by atoms with van der Waals surface area (Å²) in [6.45, 7) is 1.99. The van der Waals surface area contributed by atoms with Crippen LogP contribution in [0.5, 0.6) is 0 Å². The van der Waals surface area contributed by atoms with E-state index in [-0.39, 0.29) is 23.7 Å². The number of fused-ring (bicyclic) bond motifs is 3. The minimum absolute atomic E-state index is 0.00652. The smallest absolute Gasteiger partial charge is 0.269 e. The molecule has 32 heavy (non-hydrogen) atoms. The Hall–Kier alpha value is -3.61. The Morgan fingerprint density at radius 2 is 1.94 bits per heavy atom. The maximum Gasteiger partial charge on any atom is 0.269 e. The fourth-order valence-electron chi connectivity index (χ4n) is 4.02. The maximum atomic E-state index is 12.9. The number of hydrogen-bond donors (Lipinski definition) is 2. The zero-order valence-corrected chi connectivity index (χ0v) is 18.4. The molecule has 3 aromatic rings. The Balaban J connectivity index is 1.84. The van der Waals surface area contributed by atoms with Crippen LogP contribution in [0.4, 0.5) is 5.69 Å². The number of carbonyl (C=O) groups excluding carboxylic acids is 1. The summed E-state index contributed by atoms with van der Waals surface area (Å²) in [5.74, 6) is 1.76. The third kappa shape index (κ3) is 3.53. The first-order valence-electron chi connectivity index (χ1n) is 10.1. The standard InChI is InChI=1S/C23H23N5O3S/c1-3-13-27(4-2)32(30,31)18-10-8-17(9-11-18)28-22-19(21(26-28)23(25)29)12-6-15-5-7-16(24)14-20(15)22/h1,5,7-11,14H,4,6,12-13,24H2,2H3,(H2,25,29). The summed E-state index contributed by atoms with van der Waals surface area (Å²) >= 11 is 0. The second-order valence-corrected chi connectivity index (χ2v) is 9.44. The molecule has 9 heteroatoms. The van der Waals surface area contributed by atoms with E-state index in [9.17, 15) is 13.2 Å². The van der Waals surface area contributed by atoms with Crippen LogP contribution >= 0.6 is 0 Å². The molecule has 2 aromatic carbocycles. The number of anilines is 1. The number of rotatable bonds is 6. The molecule has 164 valence electrons. The van der Waals surface area contributed by atoms with Gasteiger partial charge in [-0.25, -0.2) is 13.1 Å². The summed E-state index contributed by atoms with van der Waals surface area (Å²) in [7, 11) is -3.72. The highest BCUT2D eigenvalue weighted by Gasteiger charge is 2.28. The number of nitrogen functional groups attached to an aromatic ring is 1. The van der Waals surface area contributed by atoms with E-state index in [0.29, 0.717) is 17.8 Å². The maximum absolute atomic E-state index is 12.9. The van der Waals surface area contributed by atoms with Crippen molar-refractivity contribution in [3.8, 4) is 29.3 Å². The quantitative estimate of drug-likeness (QED) is 0.440. The van der Waals surface area contributed by atoms with Gasteiger partial charge in [0.25, 0.3) is 5.91 Å². The van der Waals surface area contributed by atoms with Gasteiger partial charge in [0.1, 0.15) is 0 Å². The normalized spacial score (nSPS) is 12.8. The number of benzene rings is 2. The summed E-state index contributed by atoms with van der Waals surface area (Å²) in [5, 5.41) is 4.48. The number of hydrogen-bond acceptors (Lipinski definition) is 5. The van der Waals surface area contributed by atoms with Crippen LogP contribution in [0.3, 0.4) is 0 Å². The molecule has 0 aliphatic heterocycles. The molecule has 0 saturated carbocycles. The Bertz CT molecular complexity index is 1350. The van der Waals surface area contributed by atoms with Gasteiger partial charge in [-0.15, -0.1) is 6.42 Å². The minimum atomic E-state index is -3.72. The van der Waals surface area contributed by atoms with Crippen molar-refractivity contribution in [1.82, 2.24) is 14.1 Å². The topological polar surface area (TPSA) is 124 Å². The molecular formula is C23H23N5O3S. The predicted molar refractivity (Wildman–Crippen MR) is 123 cm³/mol. The van der Waals surface area contributed by atoms with Gasteiger partial charge < -0.3 is 11.5 Å². The van der Waals surface area contributed by atoms with Gasteiger partial charge in [0, 0.05) is 23.4 Å². The molecule has 1 aromatic heterocycles. The molecule has 0 unspecified atom stereocenters. The highest BCUT2D eigenvalue weighted by atomic mass is 32.2. The molecule has 0 atom stereocenters. The number of amides is 1. The second kappa shape index (κ2) is 8.15. The Kier molecular flexibility index (Phi) is 5.50. The SMILES string of the molecule is C#CCN(CC)S(=O)(=O)c1ccc(-n2nc(C(N)=O)c3c2-c2cc(N)ccc2CC3)cc1. The van der Waals surface area contributed by atoms with Crippen LogP contribution in [0.2, 0.25) is 0 Å². The summed E-state index contributed by atoms with van der Waals surface area (Å²) < 4.78 is 28.6. The molecule has 4 rings (SSSR count). The summed E-state index contributed by atoms with van der Waals surface area (Å²) in [4.78, 5) is 12.2. The van der Waals surface area contributed by atoms with Crippen LogP contribution in [0.25, 0.3) is 16.9 Å². The lowest BCUT2D eigenvalue weighted by molar-refractivity contribution is 0.0994. The van der Waals surface area contributed by atoms with E-state index < -0.39 is 15.9 Å². The van der Waals surface area contributed by atoms with Gasteiger partial charge in [0.2, 0.25) is 10.0 Å². The third-order valence-corrected chi connectivity index (χ3v) is 7.52. The summed E-state index contributed by atoms with van der Waals surface area (Å²) in [6, 6.07) is 12.0. The van der Waals surface area contributed by atoms with E-state index in [1.54, 1.807) is 23.7 Å². The number of nitrogens with zero attached hydrogens (tertiary/aromatic N) is 3. The molecule has 0 spiro atoms. The first-order valence-corrected chi connectivity index (χ1v) is 11.6. The molecule has 0 bridgehead atoms. The monoisotopic (exact) mass is 449 g/mol. The van der Waals surface area contributed by atoms with Gasteiger partial charge in [0.15, 0.2) is 5.69 Å². The number of carbonyl (C=O) groups is 1. The van der Waals surface area contributed by atoms with Crippen molar-refractivity contribution in [2.75, 3.05) is 18.8 Å². The number of aromatic nitrogens is 2. The largest absolute Gasteiger partial charge is 0.399 e. The first-order chi connectivity index (χ1) is 15.3. The van der Waals surface area contributed by atoms with Crippen molar-refractivity contribution >= 4 is 21.6 Å². The van der Waals surface area contributed by atoms with Crippen LogP contribution in [0, 0.1) is 12.3 Å². The van der Waals surface area contributed by atoms with Gasteiger partial charge in [-0.1, -0.05) is 18.9 Å². The van der Waals surface area contributed by atoms with Gasteiger partial charge in [-0.05, 0) is 54.8 Å². The van der Waals surface area contributed by atoms with Crippen molar-refractivity contribution in [1.29, 1.82) is 0 Å². The van der Waals surface area contributed by atoms with E-state index in [1.807, 2.05) is 18.2 Å². The van der Waals surface area contributed by atoms with Gasteiger partial charge in [-0.2, -0.15) is 9.40 Å². The Labute approximate surface area is 186 Å². The molecular weight excluding hydrogens is 426 g/mol. The number of sulfonamides is 1. The lowest BCUT2D eigenvalue weighted by Gasteiger charge is -2.20. The van der Waals surface area contributed by atoms with E-state index in [4.69, 9.17) is 17.9 Å². The van der Waals surface area contributed by atoms with Crippen LogP contribution in [0.1, 0.15) is 28.5 Å². The van der Waals surface area contributed by atoms with Crippen LogP contribution in [0.15, 0.2) is 47.4 Å². The average Bonchev–Trinajstić information content (AvgIpc) is 3.18. The zero-order valence-electron chi connectivity index (χ0n) is 17.6. The summed E-state index contributed by atoms with van der Waals surface area (Å²) in [5.41, 5.74) is 16.5. The lowest BCUT2D eigenvalue weighted by Crippen LogP contribution is -2.31. The Morgan fingerprint density at radius 1 is 1.22 bits per heavy atom. The molecule has 0 radical (unpaired) electrons. The molecule has 4 N–H and O–H groups in total. The summed E-state index contributed by atoms with van der Waals surface area (Å²) in [6.07, 6.45) is 6.67. The third-order valence-electron chi connectivity index (χ3n) is 5.59. The first kappa shape index (κ1) is 21.6. The van der Waals surface area contributed by atoms with E-state index in [2.05, 4.69) is 11.0 Å². The zero-order chi connectivity index (χ0) is 23.0. The molecule has 1 heterocycles. The fourth-order valence-corrected chi connectivity index (χ4v) is 5.38. The van der Waals surface area contributed by atoms with Crippen LogP contribution in [-0.4, -0.2) is 41.5 Å². The second-order valence-electron chi connectivity index (χ2n) is 7.50.